The molecular formula is C12H16ClNO. The van der Waals surface area contributed by atoms with Gasteiger partial charge in [0.25, 0.3) is 0 Å². The minimum absolute atomic E-state index is 0.298. The lowest BCUT2D eigenvalue weighted by Gasteiger charge is -2.41. The molecule has 82 valence electrons. The molecule has 3 heteroatoms. The maximum atomic E-state index is 6.01. The van der Waals surface area contributed by atoms with Crippen molar-refractivity contribution in [1.29, 1.82) is 0 Å². The van der Waals surface area contributed by atoms with E-state index in [1.54, 1.807) is 0 Å². The molecule has 1 aliphatic heterocycles. The van der Waals surface area contributed by atoms with E-state index in [2.05, 4.69) is 18.7 Å². The van der Waals surface area contributed by atoms with Gasteiger partial charge in [-0.3, -0.25) is 4.90 Å². The number of nitrogens with zero attached hydrogens (tertiary/aromatic N) is 1. The molecule has 2 rings (SSSR count). The SMILES string of the molecule is CC(C)N1CC(Oc2ccccc2Cl)C1. The van der Waals surface area contributed by atoms with Crippen LogP contribution in [0.3, 0.4) is 0 Å². The Labute approximate surface area is 95.8 Å². The molecule has 0 atom stereocenters. The molecular weight excluding hydrogens is 210 g/mol. The molecule has 0 spiro atoms. The minimum Gasteiger partial charge on any atom is -0.486 e. The highest BCUT2D eigenvalue weighted by Crippen LogP contribution is 2.26. The van der Waals surface area contributed by atoms with Crippen LogP contribution >= 0.6 is 11.6 Å². The van der Waals surface area contributed by atoms with Gasteiger partial charge >= 0.3 is 0 Å². The number of hydrogen-bond donors (Lipinski definition) is 0. The van der Waals surface area contributed by atoms with E-state index in [-0.39, 0.29) is 0 Å². The number of para-hydroxylation sites is 1. The van der Waals surface area contributed by atoms with Gasteiger partial charge in [0, 0.05) is 19.1 Å². The standard InChI is InChI=1S/C12H16ClNO/c1-9(2)14-7-10(8-14)15-12-6-4-3-5-11(12)13/h3-6,9-10H,7-8H2,1-2H3. The Morgan fingerprint density at radius 2 is 2.00 bits per heavy atom. The molecule has 0 aromatic heterocycles. The first kappa shape index (κ1) is 10.8. The number of ether oxygens (including phenoxy) is 1. The highest BCUT2D eigenvalue weighted by Gasteiger charge is 2.30. The average Bonchev–Trinajstić information content (AvgIpc) is 2.12. The smallest absolute Gasteiger partial charge is 0.138 e. The summed E-state index contributed by atoms with van der Waals surface area (Å²) in [6.45, 7) is 6.41. The van der Waals surface area contributed by atoms with Crippen LogP contribution < -0.4 is 4.74 Å². The topological polar surface area (TPSA) is 12.5 Å². The van der Waals surface area contributed by atoms with Crippen molar-refractivity contribution in [2.45, 2.75) is 26.0 Å². The van der Waals surface area contributed by atoms with E-state index in [0.717, 1.165) is 18.8 Å². The fraction of sp³-hybridized carbons (Fsp3) is 0.500. The van der Waals surface area contributed by atoms with Gasteiger partial charge in [-0.1, -0.05) is 23.7 Å². The number of benzene rings is 1. The first-order valence-corrected chi connectivity index (χ1v) is 5.70. The summed E-state index contributed by atoms with van der Waals surface area (Å²) >= 11 is 6.01. The summed E-state index contributed by atoms with van der Waals surface area (Å²) in [5, 5.41) is 0.695. The Morgan fingerprint density at radius 3 is 2.60 bits per heavy atom. The number of likely N-dealkylation sites (tertiary alicyclic amines) is 1. The summed E-state index contributed by atoms with van der Waals surface area (Å²) < 4.78 is 5.79. The van der Waals surface area contributed by atoms with Gasteiger partial charge in [0.1, 0.15) is 11.9 Å². The summed E-state index contributed by atoms with van der Waals surface area (Å²) in [6, 6.07) is 8.24. The lowest BCUT2D eigenvalue weighted by Crippen LogP contribution is -2.56. The van der Waals surface area contributed by atoms with E-state index in [0.29, 0.717) is 17.2 Å². The third-order valence-electron chi connectivity index (χ3n) is 2.74. The van der Waals surface area contributed by atoms with Crippen LogP contribution in [-0.2, 0) is 0 Å². The predicted molar refractivity (Wildman–Crippen MR) is 62.6 cm³/mol. The lowest BCUT2D eigenvalue weighted by molar-refractivity contribution is 0.000208. The lowest BCUT2D eigenvalue weighted by atomic mass is 10.1. The first-order chi connectivity index (χ1) is 7.16. The zero-order valence-electron chi connectivity index (χ0n) is 9.11. The highest BCUT2D eigenvalue weighted by molar-refractivity contribution is 6.32. The van der Waals surface area contributed by atoms with Crippen molar-refractivity contribution in [3.63, 3.8) is 0 Å². The molecule has 1 aromatic carbocycles. The van der Waals surface area contributed by atoms with E-state index in [9.17, 15) is 0 Å². The second-order valence-corrected chi connectivity index (χ2v) is 4.63. The molecule has 2 nitrogen and oxygen atoms in total. The van der Waals surface area contributed by atoms with Gasteiger partial charge in [0.2, 0.25) is 0 Å². The summed E-state index contributed by atoms with van der Waals surface area (Å²) in [6.07, 6.45) is 0.298. The molecule has 0 radical (unpaired) electrons. The van der Waals surface area contributed by atoms with E-state index in [1.807, 2.05) is 24.3 Å². The third kappa shape index (κ3) is 2.44. The maximum absolute atomic E-state index is 6.01. The summed E-state index contributed by atoms with van der Waals surface area (Å²) in [5.74, 6) is 0.799. The molecule has 15 heavy (non-hydrogen) atoms. The molecule has 0 bridgehead atoms. The van der Waals surface area contributed by atoms with E-state index in [4.69, 9.17) is 16.3 Å². The molecule has 1 aromatic rings. The Balaban J connectivity index is 1.88. The van der Waals surface area contributed by atoms with Crippen molar-refractivity contribution in [2.24, 2.45) is 0 Å². The normalized spacial score (nSPS) is 17.9. The number of rotatable bonds is 3. The second kappa shape index (κ2) is 4.42. The van der Waals surface area contributed by atoms with Crippen molar-refractivity contribution < 1.29 is 4.74 Å². The Morgan fingerprint density at radius 1 is 1.33 bits per heavy atom. The zero-order chi connectivity index (χ0) is 10.8. The molecule has 1 heterocycles. The van der Waals surface area contributed by atoms with Crippen LogP contribution in [0.1, 0.15) is 13.8 Å². The third-order valence-corrected chi connectivity index (χ3v) is 3.05. The number of halogens is 1. The fourth-order valence-corrected chi connectivity index (χ4v) is 1.87. The molecule has 0 saturated carbocycles. The van der Waals surface area contributed by atoms with Crippen LogP contribution in [0.5, 0.6) is 5.75 Å². The van der Waals surface area contributed by atoms with Crippen LogP contribution in [0, 0.1) is 0 Å². The zero-order valence-corrected chi connectivity index (χ0v) is 9.87. The van der Waals surface area contributed by atoms with Gasteiger partial charge in [-0.2, -0.15) is 0 Å². The molecule has 0 unspecified atom stereocenters. The highest BCUT2D eigenvalue weighted by atomic mass is 35.5. The first-order valence-electron chi connectivity index (χ1n) is 5.32. The van der Waals surface area contributed by atoms with Crippen molar-refractivity contribution >= 4 is 11.6 Å². The van der Waals surface area contributed by atoms with E-state index >= 15 is 0 Å². The predicted octanol–water partition coefficient (Wildman–Crippen LogP) is 2.81. The molecule has 1 aliphatic rings. The van der Waals surface area contributed by atoms with Gasteiger partial charge in [-0.05, 0) is 26.0 Å². The summed E-state index contributed by atoms with van der Waals surface area (Å²) in [7, 11) is 0. The second-order valence-electron chi connectivity index (χ2n) is 4.22. The van der Waals surface area contributed by atoms with Crippen LogP contribution in [0.4, 0.5) is 0 Å². The maximum Gasteiger partial charge on any atom is 0.138 e. The van der Waals surface area contributed by atoms with Crippen molar-refractivity contribution in [1.82, 2.24) is 4.90 Å². The van der Waals surface area contributed by atoms with Crippen LogP contribution in [0.25, 0.3) is 0 Å². The Bertz CT molecular complexity index is 334. The Kier molecular flexibility index (Phi) is 3.17. The number of hydrogen-bond acceptors (Lipinski definition) is 2. The summed E-state index contributed by atoms with van der Waals surface area (Å²) in [5.41, 5.74) is 0. The van der Waals surface area contributed by atoms with E-state index in [1.165, 1.54) is 0 Å². The molecule has 0 N–H and O–H groups in total. The van der Waals surface area contributed by atoms with Crippen molar-refractivity contribution in [3.8, 4) is 5.75 Å². The molecule has 1 saturated heterocycles. The van der Waals surface area contributed by atoms with Gasteiger partial charge < -0.3 is 4.74 Å². The monoisotopic (exact) mass is 225 g/mol. The fourth-order valence-electron chi connectivity index (χ4n) is 1.69. The quantitative estimate of drug-likeness (QED) is 0.785. The van der Waals surface area contributed by atoms with Gasteiger partial charge in [-0.15, -0.1) is 0 Å². The molecule has 0 amide bonds. The Hall–Kier alpha value is -0.730. The summed E-state index contributed by atoms with van der Waals surface area (Å²) in [4.78, 5) is 2.38. The van der Waals surface area contributed by atoms with Crippen LogP contribution in [-0.4, -0.2) is 30.1 Å². The molecule has 1 fully saturated rings. The van der Waals surface area contributed by atoms with Crippen LogP contribution in [0.15, 0.2) is 24.3 Å². The van der Waals surface area contributed by atoms with Gasteiger partial charge in [-0.25, -0.2) is 0 Å². The minimum atomic E-state index is 0.298. The van der Waals surface area contributed by atoms with Gasteiger partial charge in [0.15, 0.2) is 0 Å². The van der Waals surface area contributed by atoms with E-state index < -0.39 is 0 Å². The van der Waals surface area contributed by atoms with Gasteiger partial charge in [0.05, 0.1) is 5.02 Å². The van der Waals surface area contributed by atoms with Crippen molar-refractivity contribution in [2.75, 3.05) is 13.1 Å². The average molecular weight is 226 g/mol. The van der Waals surface area contributed by atoms with Crippen LogP contribution in [0.2, 0.25) is 5.02 Å². The molecule has 0 aliphatic carbocycles. The largest absolute Gasteiger partial charge is 0.486 e. The van der Waals surface area contributed by atoms with Crippen molar-refractivity contribution in [3.05, 3.63) is 29.3 Å².